The molecular formula is C24H28N2O4. The lowest BCUT2D eigenvalue weighted by Crippen LogP contribution is -2.43. The van der Waals surface area contributed by atoms with E-state index in [-0.39, 0.29) is 23.8 Å². The lowest BCUT2D eigenvalue weighted by molar-refractivity contribution is -0.121. The third-order valence-corrected chi connectivity index (χ3v) is 5.68. The molecule has 0 radical (unpaired) electrons. The van der Waals surface area contributed by atoms with Gasteiger partial charge < -0.3 is 19.7 Å². The summed E-state index contributed by atoms with van der Waals surface area (Å²) in [7, 11) is 0. The predicted molar refractivity (Wildman–Crippen MR) is 115 cm³/mol. The molecule has 0 bridgehead atoms. The average Bonchev–Trinajstić information content (AvgIpc) is 3.32. The molecule has 0 aromatic heterocycles. The number of nitrogens with one attached hydrogen (secondary N) is 1. The monoisotopic (exact) mass is 408 g/mol. The number of carbonyl (C=O) groups excluding carboxylic acids is 2. The minimum atomic E-state index is -0.197. The van der Waals surface area contributed by atoms with Gasteiger partial charge in [-0.25, -0.2) is 0 Å². The van der Waals surface area contributed by atoms with E-state index in [0.29, 0.717) is 25.3 Å². The SMILES string of the molecule is O=C(Nc1ccccc1)C1CCCN(C(=O)c2ccc(OCC3CCCO3)cc2)C1. The summed E-state index contributed by atoms with van der Waals surface area (Å²) in [6, 6.07) is 16.7. The molecule has 0 spiro atoms. The predicted octanol–water partition coefficient (Wildman–Crippen LogP) is 3.74. The number of anilines is 1. The normalized spacial score (nSPS) is 21.3. The molecule has 0 saturated carbocycles. The number of likely N-dealkylation sites (tertiary alicyclic amines) is 1. The third kappa shape index (κ3) is 5.19. The van der Waals surface area contributed by atoms with Crippen LogP contribution >= 0.6 is 0 Å². The molecular weight excluding hydrogens is 380 g/mol. The van der Waals surface area contributed by atoms with Crippen molar-refractivity contribution in [3.8, 4) is 5.75 Å². The molecule has 2 atom stereocenters. The zero-order chi connectivity index (χ0) is 20.8. The van der Waals surface area contributed by atoms with E-state index in [9.17, 15) is 9.59 Å². The van der Waals surface area contributed by atoms with Crippen molar-refractivity contribution < 1.29 is 19.1 Å². The van der Waals surface area contributed by atoms with E-state index < -0.39 is 0 Å². The highest BCUT2D eigenvalue weighted by atomic mass is 16.5. The Labute approximate surface area is 177 Å². The molecule has 6 heteroatoms. The Bertz CT molecular complexity index is 847. The van der Waals surface area contributed by atoms with E-state index in [1.807, 2.05) is 42.5 Å². The first kappa shape index (κ1) is 20.4. The first-order valence-corrected chi connectivity index (χ1v) is 10.7. The van der Waals surface area contributed by atoms with Gasteiger partial charge in [-0.3, -0.25) is 9.59 Å². The van der Waals surface area contributed by atoms with Gasteiger partial charge in [0.2, 0.25) is 5.91 Å². The average molecular weight is 408 g/mol. The summed E-state index contributed by atoms with van der Waals surface area (Å²) in [6.07, 6.45) is 3.89. The quantitative estimate of drug-likeness (QED) is 0.791. The summed E-state index contributed by atoms with van der Waals surface area (Å²) in [5, 5.41) is 2.95. The zero-order valence-corrected chi connectivity index (χ0v) is 17.1. The third-order valence-electron chi connectivity index (χ3n) is 5.68. The largest absolute Gasteiger partial charge is 0.491 e. The Morgan fingerprint density at radius 2 is 1.83 bits per heavy atom. The highest BCUT2D eigenvalue weighted by molar-refractivity contribution is 5.96. The van der Waals surface area contributed by atoms with Crippen LogP contribution in [0, 0.1) is 5.92 Å². The van der Waals surface area contributed by atoms with Gasteiger partial charge >= 0.3 is 0 Å². The number of para-hydroxylation sites is 1. The molecule has 2 saturated heterocycles. The van der Waals surface area contributed by atoms with Crippen LogP contribution in [0.1, 0.15) is 36.0 Å². The van der Waals surface area contributed by atoms with E-state index in [1.54, 1.807) is 17.0 Å². The fourth-order valence-corrected chi connectivity index (χ4v) is 3.98. The highest BCUT2D eigenvalue weighted by Crippen LogP contribution is 2.22. The summed E-state index contributed by atoms with van der Waals surface area (Å²) in [6.45, 7) is 2.46. The van der Waals surface area contributed by atoms with Crippen LogP contribution in [-0.2, 0) is 9.53 Å². The molecule has 2 aliphatic rings. The Balaban J connectivity index is 1.31. The summed E-state index contributed by atoms with van der Waals surface area (Å²) in [4.78, 5) is 27.3. The molecule has 2 unspecified atom stereocenters. The van der Waals surface area contributed by atoms with Gasteiger partial charge in [0.15, 0.2) is 0 Å². The van der Waals surface area contributed by atoms with E-state index >= 15 is 0 Å². The van der Waals surface area contributed by atoms with Gasteiger partial charge in [-0.05, 0) is 62.1 Å². The van der Waals surface area contributed by atoms with Crippen LogP contribution in [0.15, 0.2) is 54.6 Å². The van der Waals surface area contributed by atoms with Crippen molar-refractivity contribution in [1.29, 1.82) is 0 Å². The van der Waals surface area contributed by atoms with Gasteiger partial charge in [0.1, 0.15) is 12.4 Å². The maximum absolute atomic E-state index is 12.9. The zero-order valence-electron chi connectivity index (χ0n) is 17.1. The van der Waals surface area contributed by atoms with E-state index in [4.69, 9.17) is 9.47 Å². The van der Waals surface area contributed by atoms with Crippen LogP contribution < -0.4 is 10.1 Å². The number of ether oxygens (including phenoxy) is 2. The minimum absolute atomic E-state index is 0.0309. The number of amides is 2. The second kappa shape index (κ2) is 9.76. The van der Waals surface area contributed by atoms with Crippen LogP contribution in [0.3, 0.4) is 0 Å². The van der Waals surface area contributed by atoms with Crippen LogP contribution in [0.5, 0.6) is 5.75 Å². The summed E-state index contributed by atoms with van der Waals surface area (Å²) < 4.78 is 11.3. The molecule has 158 valence electrons. The standard InChI is InChI=1S/C24H28N2O4/c27-23(25-20-7-2-1-3-8-20)19-6-4-14-26(16-19)24(28)18-10-12-21(13-11-18)30-17-22-9-5-15-29-22/h1-3,7-8,10-13,19,22H,4-6,9,14-17H2,(H,25,27). The topological polar surface area (TPSA) is 67.9 Å². The number of hydrogen-bond acceptors (Lipinski definition) is 4. The molecule has 2 aromatic rings. The Morgan fingerprint density at radius 1 is 1.03 bits per heavy atom. The van der Waals surface area contributed by atoms with Gasteiger partial charge in [0.25, 0.3) is 5.91 Å². The fourth-order valence-electron chi connectivity index (χ4n) is 3.98. The molecule has 4 rings (SSSR count). The van der Waals surface area contributed by atoms with Crippen molar-refractivity contribution in [3.05, 3.63) is 60.2 Å². The second-order valence-corrected chi connectivity index (χ2v) is 7.92. The number of benzene rings is 2. The van der Waals surface area contributed by atoms with Gasteiger partial charge in [-0.1, -0.05) is 18.2 Å². The minimum Gasteiger partial charge on any atom is -0.491 e. The maximum atomic E-state index is 12.9. The molecule has 0 aliphatic carbocycles. The van der Waals surface area contributed by atoms with Crippen molar-refractivity contribution in [3.63, 3.8) is 0 Å². The van der Waals surface area contributed by atoms with Crippen molar-refractivity contribution in [1.82, 2.24) is 4.90 Å². The van der Waals surface area contributed by atoms with E-state index in [1.165, 1.54) is 0 Å². The molecule has 2 aromatic carbocycles. The lowest BCUT2D eigenvalue weighted by Gasteiger charge is -2.32. The van der Waals surface area contributed by atoms with Crippen molar-refractivity contribution in [2.24, 2.45) is 5.92 Å². The van der Waals surface area contributed by atoms with Crippen LogP contribution in [0.25, 0.3) is 0 Å². The maximum Gasteiger partial charge on any atom is 0.253 e. The molecule has 30 heavy (non-hydrogen) atoms. The molecule has 2 heterocycles. The number of nitrogens with zero attached hydrogens (tertiary/aromatic N) is 1. The number of rotatable bonds is 6. The molecule has 2 fully saturated rings. The Kier molecular flexibility index (Phi) is 6.64. The van der Waals surface area contributed by atoms with E-state index in [0.717, 1.165) is 43.7 Å². The molecule has 6 nitrogen and oxygen atoms in total. The van der Waals surface area contributed by atoms with Crippen molar-refractivity contribution >= 4 is 17.5 Å². The van der Waals surface area contributed by atoms with E-state index in [2.05, 4.69) is 5.32 Å². The van der Waals surface area contributed by atoms with Gasteiger partial charge in [-0.15, -0.1) is 0 Å². The fraction of sp³-hybridized carbons (Fsp3) is 0.417. The molecule has 2 amide bonds. The molecule has 1 N–H and O–H groups in total. The van der Waals surface area contributed by atoms with Crippen LogP contribution in [0.2, 0.25) is 0 Å². The van der Waals surface area contributed by atoms with Gasteiger partial charge in [0.05, 0.1) is 12.0 Å². The summed E-state index contributed by atoms with van der Waals surface area (Å²) in [5.41, 5.74) is 1.40. The van der Waals surface area contributed by atoms with Crippen molar-refractivity contribution in [2.45, 2.75) is 31.8 Å². The van der Waals surface area contributed by atoms with Gasteiger partial charge in [0, 0.05) is 30.9 Å². The summed E-state index contributed by atoms with van der Waals surface area (Å²) in [5.74, 6) is 0.465. The lowest BCUT2D eigenvalue weighted by atomic mass is 9.96. The number of hydrogen-bond donors (Lipinski definition) is 1. The Hall–Kier alpha value is -2.86. The smallest absolute Gasteiger partial charge is 0.253 e. The van der Waals surface area contributed by atoms with Crippen molar-refractivity contribution in [2.75, 3.05) is 31.6 Å². The Morgan fingerprint density at radius 3 is 2.57 bits per heavy atom. The van der Waals surface area contributed by atoms with Crippen LogP contribution in [0.4, 0.5) is 5.69 Å². The molecule has 2 aliphatic heterocycles. The van der Waals surface area contributed by atoms with Gasteiger partial charge in [-0.2, -0.15) is 0 Å². The number of carbonyl (C=O) groups is 2. The number of piperidine rings is 1. The first-order chi connectivity index (χ1) is 14.7. The second-order valence-electron chi connectivity index (χ2n) is 7.92. The summed E-state index contributed by atoms with van der Waals surface area (Å²) >= 11 is 0. The van der Waals surface area contributed by atoms with Crippen LogP contribution in [-0.4, -0.2) is 49.1 Å². The highest BCUT2D eigenvalue weighted by Gasteiger charge is 2.29. The first-order valence-electron chi connectivity index (χ1n) is 10.7.